The largest absolute Gasteiger partial charge is 0.416 e. The maximum Gasteiger partial charge on any atom is 0.416 e. The predicted molar refractivity (Wildman–Crippen MR) is 146 cm³/mol. The number of benzene rings is 4. The Hall–Kier alpha value is -3.70. The Bertz CT molecular complexity index is 1510. The Kier molecular flexibility index (Phi) is 6.05. The molecule has 5 rings (SSSR count). The molecule has 0 aliphatic rings. The van der Waals surface area contributed by atoms with Crippen molar-refractivity contribution in [2.75, 3.05) is 0 Å². The average Bonchev–Trinajstić information content (AvgIpc) is 2.87. The van der Waals surface area contributed by atoms with E-state index in [-0.39, 0.29) is 0 Å². The van der Waals surface area contributed by atoms with E-state index in [0.717, 1.165) is 56.4 Å². The summed E-state index contributed by atoms with van der Waals surface area (Å²) in [4.78, 5) is 4.71. The second-order valence-corrected chi connectivity index (χ2v) is 15.2. The first-order valence-electron chi connectivity index (χ1n) is 11.9. The van der Waals surface area contributed by atoms with Crippen LogP contribution in [0.5, 0.6) is 0 Å². The molecule has 0 spiro atoms. The topological polar surface area (TPSA) is 12.9 Å². The van der Waals surface area contributed by atoms with Gasteiger partial charge in [-0.05, 0) is 57.8 Å². The van der Waals surface area contributed by atoms with Crippen molar-refractivity contribution in [2.45, 2.75) is 25.8 Å². The lowest BCUT2D eigenvalue weighted by atomic mass is 9.97. The van der Waals surface area contributed by atoms with Gasteiger partial charge in [-0.2, -0.15) is 13.2 Å². The summed E-state index contributed by atoms with van der Waals surface area (Å²) in [7, 11) is -1.33. The van der Waals surface area contributed by atoms with Crippen LogP contribution in [-0.4, -0.2) is 13.1 Å². The number of alkyl halides is 3. The van der Waals surface area contributed by atoms with Crippen LogP contribution in [0.2, 0.25) is 19.6 Å². The zero-order chi connectivity index (χ0) is 25.5. The fourth-order valence-corrected chi connectivity index (χ4v) is 5.50. The monoisotopic (exact) mass is 497 g/mol. The Morgan fingerprint density at radius 2 is 1.08 bits per heavy atom. The number of fused-ring (bicyclic) bond motifs is 1. The first kappa shape index (κ1) is 24.0. The van der Waals surface area contributed by atoms with Crippen molar-refractivity contribution < 1.29 is 13.2 Å². The van der Waals surface area contributed by atoms with Crippen molar-refractivity contribution in [3.05, 3.63) is 109 Å². The van der Waals surface area contributed by atoms with Crippen molar-refractivity contribution in [1.82, 2.24) is 4.98 Å². The van der Waals surface area contributed by atoms with Crippen molar-refractivity contribution in [3.8, 4) is 33.5 Å². The van der Waals surface area contributed by atoms with Gasteiger partial charge in [0.15, 0.2) is 0 Å². The smallest absolute Gasteiger partial charge is 0.256 e. The van der Waals surface area contributed by atoms with Crippen molar-refractivity contribution in [3.63, 3.8) is 0 Å². The molecule has 0 aliphatic carbocycles. The van der Waals surface area contributed by atoms with Crippen molar-refractivity contribution >= 4 is 24.0 Å². The molecule has 0 radical (unpaired) electrons. The van der Waals surface area contributed by atoms with Gasteiger partial charge >= 0.3 is 6.18 Å². The Morgan fingerprint density at radius 1 is 0.556 bits per heavy atom. The predicted octanol–water partition coefficient (Wildman–Crippen LogP) is 8.80. The summed E-state index contributed by atoms with van der Waals surface area (Å²) in [6.07, 6.45) is -2.44. The molecule has 1 aromatic heterocycles. The summed E-state index contributed by atoms with van der Waals surface area (Å²) in [5.41, 5.74) is 5.08. The van der Waals surface area contributed by atoms with Gasteiger partial charge in [-0.3, -0.25) is 4.98 Å². The summed E-state index contributed by atoms with van der Waals surface area (Å²) >= 11 is 0. The molecular weight excluding hydrogens is 471 g/mol. The van der Waals surface area contributed by atoms with Crippen LogP contribution < -0.4 is 5.19 Å². The van der Waals surface area contributed by atoms with Crippen LogP contribution in [-0.2, 0) is 6.18 Å². The highest BCUT2D eigenvalue weighted by atomic mass is 28.3. The minimum atomic E-state index is -4.34. The van der Waals surface area contributed by atoms with E-state index in [2.05, 4.69) is 68.2 Å². The second kappa shape index (κ2) is 9.06. The zero-order valence-electron chi connectivity index (χ0n) is 20.4. The Morgan fingerprint density at radius 3 is 1.61 bits per heavy atom. The standard InChI is InChI=1S/C31H26F3NSi/c1-36(2,3)29-15-10-23(11-16-29)30-17-12-26(20-35-30)25-7-5-22-4-6-24(18-27(22)19-25)21-8-13-28(14-9-21)31(32,33)34/h4-20H,1-3H3. The van der Waals surface area contributed by atoms with Gasteiger partial charge in [0.1, 0.15) is 0 Å². The SMILES string of the molecule is C[Si](C)(C)c1ccc(-c2ccc(-c3ccc4ccc(-c5ccc(C(F)(F)F)cc5)cc4c3)cn2)cc1. The summed E-state index contributed by atoms with van der Waals surface area (Å²) in [6.45, 7) is 7.02. The Labute approximate surface area is 210 Å². The molecule has 0 saturated heterocycles. The maximum atomic E-state index is 12.9. The first-order valence-corrected chi connectivity index (χ1v) is 15.4. The minimum Gasteiger partial charge on any atom is -0.256 e. The summed E-state index contributed by atoms with van der Waals surface area (Å²) in [5.74, 6) is 0. The molecule has 0 N–H and O–H groups in total. The summed E-state index contributed by atoms with van der Waals surface area (Å²) < 4.78 is 38.7. The van der Waals surface area contributed by atoms with Crippen LogP contribution in [0.4, 0.5) is 13.2 Å². The highest BCUT2D eigenvalue weighted by molar-refractivity contribution is 6.88. The van der Waals surface area contributed by atoms with E-state index in [1.54, 1.807) is 0 Å². The van der Waals surface area contributed by atoms with Crippen molar-refractivity contribution in [2.24, 2.45) is 0 Å². The lowest BCUT2D eigenvalue weighted by molar-refractivity contribution is -0.137. The zero-order valence-corrected chi connectivity index (χ0v) is 21.4. The van der Waals surface area contributed by atoms with Gasteiger partial charge in [-0.25, -0.2) is 0 Å². The van der Waals surface area contributed by atoms with E-state index in [1.807, 2.05) is 30.5 Å². The fourth-order valence-electron chi connectivity index (χ4n) is 4.33. The molecule has 36 heavy (non-hydrogen) atoms. The van der Waals surface area contributed by atoms with Crippen LogP contribution in [0.1, 0.15) is 5.56 Å². The molecule has 0 aliphatic heterocycles. The Balaban J connectivity index is 1.42. The summed E-state index contributed by atoms with van der Waals surface area (Å²) in [6, 6.07) is 30.3. The molecule has 0 unspecified atom stereocenters. The van der Waals surface area contributed by atoms with Crippen LogP contribution in [0, 0.1) is 0 Å². The number of halogens is 3. The van der Waals surface area contributed by atoms with Crippen LogP contribution in [0.25, 0.3) is 44.3 Å². The third kappa shape index (κ3) is 4.98. The van der Waals surface area contributed by atoms with Gasteiger partial charge in [0, 0.05) is 17.3 Å². The van der Waals surface area contributed by atoms with Gasteiger partial charge < -0.3 is 0 Å². The van der Waals surface area contributed by atoms with E-state index in [9.17, 15) is 13.2 Å². The lowest BCUT2D eigenvalue weighted by Gasteiger charge is -2.16. The number of rotatable bonds is 4. The number of hydrogen-bond acceptors (Lipinski definition) is 1. The number of nitrogens with zero attached hydrogens (tertiary/aromatic N) is 1. The third-order valence-corrected chi connectivity index (χ3v) is 8.59. The van der Waals surface area contributed by atoms with E-state index in [1.165, 1.54) is 17.3 Å². The molecule has 180 valence electrons. The molecule has 0 bridgehead atoms. The lowest BCUT2D eigenvalue weighted by Crippen LogP contribution is -2.37. The molecule has 5 aromatic rings. The van der Waals surface area contributed by atoms with Crippen LogP contribution in [0.15, 0.2) is 103 Å². The first-order chi connectivity index (χ1) is 17.1. The molecule has 0 atom stereocenters. The number of hydrogen-bond donors (Lipinski definition) is 0. The van der Waals surface area contributed by atoms with Gasteiger partial charge in [0.05, 0.1) is 19.3 Å². The molecule has 0 saturated carbocycles. The second-order valence-electron chi connectivity index (χ2n) is 10.1. The highest BCUT2D eigenvalue weighted by Gasteiger charge is 2.30. The molecular formula is C31H26F3NSi. The fraction of sp³-hybridized carbons (Fsp3) is 0.129. The summed E-state index contributed by atoms with van der Waals surface area (Å²) in [5, 5.41) is 3.52. The molecule has 0 amide bonds. The van der Waals surface area contributed by atoms with Crippen LogP contribution >= 0.6 is 0 Å². The molecule has 0 fully saturated rings. The molecule has 1 heterocycles. The van der Waals surface area contributed by atoms with Gasteiger partial charge in [0.2, 0.25) is 0 Å². The van der Waals surface area contributed by atoms with E-state index < -0.39 is 19.8 Å². The number of pyridine rings is 1. The molecule has 4 aromatic carbocycles. The van der Waals surface area contributed by atoms with Crippen molar-refractivity contribution in [1.29, 1.82) is 0 Å². The maximum absolute atomic E-state index is 12.9. The van der Waals surface area contributed by atoms with Crippen LogP contribution in [0.3, 0.4) is 0 Å². The molecule has 1 nitrogen and oxygen atoms in total. The highest BCUT2D eigenvalue weighted by Crippen LogP contribution is 2.33. The van der Waals surface area contributed by atoms with E-state index in [0.29, 0.717) is 0 Å². The third-order valence-electron chi connectivity index (χ3n) is 6.53. The normalized spacial score (nSPS) is 12.2. The number of aromatic nitrogens is 1. The van der Waals surface area contributed by atoms with Gasteiger partial charge in [-0.15, -0.1) is 0 Å². The average molecular weight is 498 g/mol. The molecule has 5 heteroatoms. The van der Waals surface area contributed by atoms with E-state index >= 15 is 0 Å². The van der Waals surface area contributed by atoms with Gasteiger partial charge in [0.25, 0.3) is 0 Å². The minimum absolute atomic E-state index is 0.641. The van der Waals surface area contributed by atoms with E-state index in [4.69, 9.17) is 4.98 Å². The van der Waals surface area contributed by atoms with Gasteiger partial charge in [-0.1, -0.05) is 91.6 Å². The quantitative estimate of drug-likeness (QED) is 0.226.